The van der Waals surface area contributed by atoms with E-state index in [2.05, 4.69) is 57.7 Å². The number of hydrogen-bond donors (Lipinski definition) is 3. The molecule has 1 saturated heterocycles. The summed E-state index contributed by atoms with van der Waals surface area (Å²) in [5.41, 5.74) is 4.18. The molecule has 10 heteroatoms. The fourth-order valence-corrected chi connectivity index (χ4v) is 5.71. The average molecular weight is 508 g/mol. The van der Waals surface area contributed by atoms with Gasteiger partial charge >= 0.3 is 12.1 Å². The molecule has 1 fully saturated rings. The molecule has 35 heavy (non-hydrogen) atoms. The lowest BCUT2D eigenvalue weighted by atomic mass is 9.86. The Kier molecular flexibility index (Phi) is 7.63. The van der Waals surface area contributed by atoms with E-state index in [0.717, 1.165) is 44.1 Å². The first-order valence-corrected chi connectivity index (χ1v) is 12.3. The zero-order valence-electron chi connectivity index (χ0n) is 19.3. The van der Waals surface area contributed by atoms with Crippen LogP contribution in [0.3, 0.4) is 0 Å². The predicted octanol–water partition coefficient (Wildman–Crippen LogP) is 4.65. The number of alkyl halides is 3. The molecule has 1 spiro atoms. The van der Waals surface area contributed by atoms with Crippen LogP contribution < -0.4 is 10.1 Å². The van der Waals surface area contributed by atoms with Crippen LogP contribution in [0.4, 0.5) is 13.2 Å². The molecule has 0 saturated carbocycles. The molecule has 2 aliphatic heterocycles. The van der Waals surface area contributed by atoms with E-state index in [4.69, 9.17) is 14.6 Å². The van der Waals surface area contributed by atoms with Gasteiger partial charge in [-0.05, 0) is 48.7 Å². The number of thioether (sulfide) groups is 1. The molecule has 0 amide bonds. The maximum Gasteiger partial charge on any atom is 0.490 e. The lowest BCUT2D eigenvalue weighted by molar-refractivity contribution is -0.192. The molecule has 6 nitrogen and oxygen atoms in total. The molecule has 3 aromatic rings. The van der Waals surface area contributed by atoms with E-state index in [1.807, 2.05) is 17.8 Å². The molecule has 0 bridgehead atoms. The summed E-state index contributed by atoms with van der Waals surface area (Å²) in [4.78, 5) is 16.6. The van der Waals surface area contributed by atoms with Crippen LogP contribution in [0.2, 0.25) is 0 Å². The van der Waals surface area contributed by atoms with Gasteiger partial charge in [0.25, 0.3) is 0 Å². The molecule has 2 aromatic carbocycles. The molecule has 188 valence electrons. The normalized spacial score (nSPS) is 19.9. The number of aromatic amines is 1. The van der Waals surface area contributed by atoms with Gasteiger partial charge in [0.05, 0.1) is 12.6 Å². The molecule has 2 aliphatic rings. The zero-order chi connectivity index (χ0) is 25.1. The Bertz CT molecular complexity index is 1170. The van der Waals surface area contributed by atoms with Crippen LogP contribution in [0.25, 0.3) is 10.9 Å². The number of rotatable bonds is 5. The highest BCUT2D eigenvalue weighted by Crippen LogP contribution is 2.40. The van der Waals surface area contributed by atoms with Crippen LogP contribution in [0.1, 0.15) is 17.7 Å². The van der Waals surface area contributed by atoms with Gasteiger partial charge in [0.15, 0.2) is 0 Å². The van der Waals surface area contributed by atoms with Gasteiger partial charge in [-0.25, -0.2) is 4.79 Å². The van der Waals surface area contributed by atoms with Crippen molar-refractivity contribution in [2.45, 2.75) is 29.5 Å². The number of hydrogen-bond acceptors (Lipinski definition) is 5. The van der Waals surface area contributed by atoms with Crippen molar-refractivity contribution in [2.24, 2.45) is 0 Å². The standard InChI is InChI=1S/C23H27N3OS.C2HF3O2/c1-27-17-7-8-21-20(15-17)19-9-11-24-23(22(19)25-21)10-12-26(16-23)13-14-28-18-5-3-2-4-6-18;3-2(4,5)1(6)7/h2-8,15,24-25H,9-14,16H2,1H3;(H,6,7). The summed E-state index contributed by atoms with van der Waals surface area (Å²) < 4.78 is 37.2. The zero-order valence-corrected chi connectivity index (χ0v) is 20.1. The van der Waals surface area contributed by atoms with Crippen LogP contribution in [0.5, 0.6) is 5.75 Å². The van der Waals surface area contributed by atoms with Gasteiger partial charge in [0.1, 0.15) is 5.75 Å². The quantitative estimate of drug-likeness (QED) is 0.437. The lowest BCUT2D eigenvalue weighted by Gasteiger charge is -2.35. The molecule has 0 radical (unpaired) electrons. The molecule has 3 heterocycles. The molecule has 3 N–H and O–H groups in total. The Morgan fingerprint density at radius 1 is 1.23 bits per heavy atom. The van der Waals surface area contributed by atoms with E-state index in [1.165, 1.54) is 33.5 Å². The molecule has 5 rings (SSSR count). The van der Waals surface area contributed by atoms with Crippen molar-refractivity contribution in [1.29, 1.82) is 0 Å². The second-order valence-electron chi connectivity index (χ2n) is 8.64. The number of carbonyl (C=O) groups is 1. The third-order valence-electron chi connectivity index (χ3n) is 6.44. The van der Waals surface area contributed by atoms with Crippen molar-refractivity contribution in [1.82, 2.24) is 15.2 Å². The Balaban J connectivity index is 0.000000364. The van der Waals surface area contributed by atoms with Gasteiger partial charge < -0.3 is 25.0 Å². The maximum atomic E-state index is 10.6. The van der Waals surface area contributed by atoms with E-state index < -0.39 is 12.1 Å². The topological polar surface area (TPSA) is 77.6 Å². The number of aliphatic carboxylic acids is 1. The number of carboxylic acids is 1. The van der Waals surface area contributed by atoms with E-state index >= 15 is 0 Å². The maximum absolute atomic E-state index is 10.6. The fraction of sp³-hybridized carbons (Fsp3) is 0.400. The molecular formula is C25H28F3N3O3S. The van der Waals surface area contributed by atoms with Crippen molar-refractivity contribution in [2.75, 3.05) is 39.0 Å². The molecule has 0 aliphatic carbocycles. The minimum atomic E-state index is -5.08. The number of nitrogens with one attached hydrogen (secondary N) is 2. The summed E-state index contributed by atoms with van der Waals surface area (Å²) in [7, 11) is 1.74. The first kappa shape index (κ1) is 25.4. The Hall–Kier alpha value is -2.69. The SMILES string of the molecule is COc1ccc2[nH]c3c(c2c1)CCNC31CCN(CCSc2ccccc2)C1.O=C(O)C(F)(F)F. The Morgan fingerprint density at radius 3 is 2.66 bits per heavy atom. The van der Waals surface area contributed by atoms with Crippen LogP contribution in [0.15, 0.2) is 53.4 Å². The Labute approximate surface area is 205 Å². The highest BCUT2D eigenvalue weighted by Gasteiger charge is 2.44. The van der Waals surface area contributed by atoms with Gasteiger partial charge in [-0.1, -0.05) is 18.2 Å². The summed E-state index contributed by atoms with van der Waals surface area (Å²) in [6, 6.07) is 17.1. The van der Waals surface area contributed by atoms with Gasteiger partial charge in [0.2, 0.25) is 0 Å². The highest BCUT2D eigenvalue weighted by molar-refractivity contribution is 7.99. The van der Waals surface area contributed by atoms with Crippen molar-refractivity contribution in [3.8, 4) is 5.75 Å². The van der Waals surface area contributed by atoms with Gasteiger partial charge in [-0.3, -0.25) is 0 Å². The minimum Gasteiger partial charge on any atom is -0.497 e. The van der Waals surface area contributed by atoms with E-state index in [0.29, 0.717) is 0 Å². The number of aromatic nitrogens is 1. The average Bonchev–Trinajstić information content (AvgIpc) is 3.42. The molecular weight excluding hydrogens is 479 g/mol. The van der Waals surface area contributed by atoms with Gasteiger partial charge in [-0.2, -0.15) is 13.2 Å². The third-order valence-corrected chi connectivity index (χ3v) is 7.43. The minimum absolute atomic E-state index is 0.0667. The molecule has 1 aromatic heterocycles. The van der Waals surface area contributed by atoms with Crippen LogP contribution >= 0.6 is 11.8 Å². The summed E-state index contributed by atoms with van der Waals surface area (Å²) in [6.07, 6.45) is -2.84. The van der Waals surface area contributed by atoms with E-state index in [1.54, 1.807) is 7.11 Å². The largest absolute Gasteiger partial charge is 0.497 e. The first-order valence-electron chi connectivity index (χ1n) is 11.4. The summed E-state index contributed by atoms with van der Waals surface area (Å²) >= 11 is 1.95. The highest BCUT2D eigenvalue weighted by atomic mass is 32.2. The second kappa shape index (κ2) is 10.5. The van der Waals surface area contributed by atoms with Crippen LogP contribution in [-0.4, -0.2) is 66.2 Å². The predicted molar refractivity (Wildman–Crippen MR) is 130 cm³/mol. The number of halogens is 3. The van der Waals surface area contributed by atoms with Crippen molar-refractivity contribution >= 4 is 28.6 Å². The fourth-order valence-electron chi connectivity index (χ4n) is 4.77. The molecule has 1 atom stereocenters. The third kappa shape index (κ3) is 5.76. The van der Waals surface area contributed by atoms with Crippen LogP contribution in [0, 0.1) is 0 Å². The van der Waals surface area contributed by atoms with Gasteiger partial charge in [-0.15, -0.1) is 11.8 Å². The number of fused-ring (bicyclic) bond motifs is 4. The number of likely N-dealkylation sites (tertiary alicyclic amines) is 1. The molecule has 1 unspecified atom stereocenters. The lowest BCUT2D eigenvalue weighted by Crippen LogP contribution is -2.49. The number of nitrogens with zero attached hydrogens (tertiary/aromatic N) is 1. The number of ether oxygens (including phenoxy) is 1. The second-order valence-corrected chi connectivity index (χ2v) is 9.81. The van der Waals surface area contributed by atoms with Crippen LogP contribution in [-0.2, 0) is 16.8 Å². The smallest absolute Gasteiger partial charge is 0.490 e. The van der Waals surface area contributed by atoms with E-state index in [9.17, 15) is 13.2 Å². The monoisotopic (exact) mass is 507 g/mol. The number of H-pyrrole nitrogens is 1. The number of methoxy groups -OCH3 is 1. The van der Waals surface area contributed by atoms with Crippen molar-refractivity contribution in [3.63, 3.8) is 0 Å². The van der Waals surface area contributed by atoms with Gasteiger partial charge in [0, 0.05) is 53.4 Å². The first-order chi connectivity index (χ1) is 16.7. The summed E-state index contributed by atoms with van der Waals surface area (Å²) in [5.74, 6) is -0.683. The van der Waals surface area contributed by atoms with E-state index in [-0.39, 0.29) is 5.54 Å². The number of benzene rings is 2. The van der Waals surface area contributed by atoms with Crippen molar-refractivity contribution in [3.05, 3.63) is 59.8 Å². The summed E-state index contributed by atoms with van der Waals surface area (Å²) in [5, 5.41) is 12.3. The van der Waals surface area contributed by atoms with Crippen molar-refractivity contribution < 1.29 is 27.8 Å². The summed E-state index contributed by atoms with van der Waals surface area (Å²) in [6.45, 7) is 4.41. The number of carboxylic acid groups (broad SMARTS) is 1. The Morgan fingerprint density at radius 2 is 1.97 bits per heavy atom.